The molecule has 0 spiro atoms. The van der Waals surface area contributed by atoms with Crippen LogP contribution < -0.4 is 9.64 Å². The first-order valence-corrected chi connectivity index (χ1v) is 13.3. The summed E-state index contributed by atoms with van der Waals surface area (Å²) >= 11 is 12.4. The summed E-state index contributed by atoms with van der Waals surface area (Å²) in [7, 11) is 1.79. The average Bonchev–Trinajstić information content (AvgIpc) is 2.95. The summed E-state index contributed by atoms with van der Waals surface area (Å²) in [6.07, 6.45) is 0. The summed E-state index contributed by atoms with van der Waals surface area (Å²) < 4.78 is 11.1. The average molecular weight is 554 g/mol. The Morgan fingerprint density at radius 3 is 2.45 bits per heavy atom. The van der Waals surface area contributed by atoms with Gasteiger partial charge < -0.3 is 14.4 Å². The lowest BCUT2D eigenvalue weighted by molar-refractivity contribution is -0.133. The van der Waals surface area contributed by atoms with Gasteiger partial charge in [-0.2, -0.15) is 0 Å². The van der Waals surface area contributed by atoms with Crippen LogP contribution in [0, 0.1) is 0 Å². The van der Waals surface area contributed by atoms with E-state index in [1.807, 2.05) is 24.3 Å². The highest BCUT2D eigenvalue weighted by Gasteiger charge is 2.32. The number of halogens is 2. The van der Waals surface area contributed by atoms with E-state index in [0.29, 0.717) is 36.2 Å². The Kier molecular flexibility index (Phi) is 8.19. The van der Waals surface area contributed by atoms with E-state index in [-0.39, 0.29) is 36.0 Å². The second-order valence-corrected chi connectivity index (χ2v) is 10.2. The highest BCUT2D eigenvalue weighted by atomic mass is 35.5. The molecule has 1 fully saturated rings. The highest BCUT2D eigenvalue weighted by molar-refractivity contribution is 6.42. The molecule has 9 heteroatoms. The van der Waals surface area contributed by atoms with Crippen molar-refractivity contribution < 1.29 is 19.1 Å². The van der Waals surface area contributed by atoms with Crippen LogP contribution in [0.4, 0.5) is 5.69 Å². The van der Waals surface area contributed by atoms with Crippen LogP contribution in [-0.4, -0.2) is 74.7 Å². The van der Waals surface area contributed by atoms with Crippen LogP contribution in [0.3, 0.4) is 0 Å². The number of rotatable bonds is 7. The zero-order chi connectivity index (χ0) is 26.6. The summed E-state index contributed by atoms with van der Waals surface area (Å²) in [6.45, 7) is 3.27. The predicted octanol–water partition coefficient (Wildman–Crippen LogP) is 4.92. The minimum Gasteiger partial charge on any atom is -0.482 e. The summed E-state index contributed by atoms with van der Waals surface area (Å²) in [4.78, 5) is 32.0. The molecule has 0 N–H and O–H groups in total. The number of morpholine rings is 1. The largest absolute Gasteiger partial charge is 0.482 e. The molecule has 2 aliphatic heterocycles. The van der Waals surface area contributed by atoms with Gasteiger partial charge in [0.2, 0.25) is 5.91 Å². The third-order valence-electron chi connectivity index (χ3n) is 7.01. The van der Waals surface area contributed by atoms with Gasteiger partial charge in [0, 0.05) is 32.7 Å². The van der Waals surface area contributed by atoms with Gasteiger partial charge in [0.05, 0.1) is 35.0 Å². The van der Waals surface area contributed by atoms with Crippen LogP contribution in [0.1, 0.15) is 11.6 Å². The summed E-state index contributed by atoms with van der Waals surface area (Å²) in [5.74, 6) is -0.0797. The molecule has 5 rings (SSSR count). The van der Waals surface area contributed by atoms with Crippen molar-refractivity contribution in [2.45, 2.75) is 6.04 Å². The Balaban J connectivity index is 1.43. The zero-order valence-corrected chi connectivity index (χ0v) is 22.6. The number of carbonyl (C=O) groups is 2. The molecule has 2 heterocycles. The monoisotopic (exact) mass is 553 g/mol. The van der Waals surface area contributed by atoms with Crippen LogP contribution in [0.2, 0.25) is 10.0 Å². The molecule has 3 aromatic carbocycles. The van der Waals surface area contributed by atoms with E-state index in [2.05, 4.69) is 35.2 Å². The molecule has 0 bridgehead atoms. The maximum atomic E-state index is 13.7. The first kappa shape index (κ1) is 26.5. The molecule has 2 amide bonds. The summed E-state index contributed by atoms with van der Waals surface area (Å²) in [5, 5.41) is 0.615. The Labute approximate surface area is 232 Å². The van der Waals surface area contributed by atoms with E-state index in [9.17, 15) is 9.59 Å². The second-order valence-electron chi connectivity index (χ2n) is 9.43. The molecular weight excluding hydrogens is 525 g/mol. The van der Waals surface area contributed by atoms with Crippen molar-refractivity contribution in [1.82, 2.24) is 9.80 Å². The predicted molar refractivity (Wildman–Crippen MR) is 149 cm³/mol. The van der Waals surface area contributed by atoms with Gasteiger partial charge in [-0.1, -0.05) is 71.7 Å². The number of amides is 2. The van der Waals surface area contributed by atoms with Gasteiger partial charge in [0.25, 0.3) is 5.91 Å². The van der Waals surface area contributed by atoms with E-state index < -0.39 is 0 Å². The quantitative estimate of drug-likeness (QED) is 0.415. The number of benzene rings is 3. The maximum absolute atomic E-state index is 13.7. The Morgan fingerprint density at radius 2 is 1.68 bits per heavy atom. The fourth-order valence-electron chi connectivity index (χ4n) is 4.83. The number of hydrogen-bond acceptors (Lipinski definition) is 5. The van der Waals surface area contributed by atoms with Crippen molar-refractivity contribution in [3.8, 4) is 16.9 Å². The van der Waals surface area contributed by atoms with E-state index in [1.54, 1.807) is 24.1 Å². The molecule has 3 aromatic rings. The van der Waals surface area contributed by atoms with Gasteiger partial charge >= 0.3 is 0 Å². The Morgan fingerprint density at radius 1 is 0.974 bits per heavy atom. The maximum Gasteiger partial charge on any atom is 0.265 e. The lowest BCUT2D eigenvalue weighted by Crippen LogP contribution is -2.48. The van der Waals surface area contributed by atoms with Gasteiger partial charge in [-0.3, -0.25) is 19.4 Å². The molecule has 198 valence electrons. The molecule has 1 unspecified atom stereocenters. The third kappa shape index (κ3) is 5.81. The molecule has 0 aliphatic carbocycles. The van der Waals surface area contributed by atoms with E-state index >= 15 is 0 Å². The van der Waals surface area contributed by atoms with E-state index in [1.165, 1.54) is 4.90 Å². The fraction of sp³-hybridized carbons (Fsp3) is 0.310. The normalized spacial score (nSPS) is 16.5. The Bertz CT molecular complexity index is 1310. The van der Waals surface area contributed by atoms with Crippen LogP contribution >= 0.6 is 23.2 Å². The number of anilines is 1. The molecule has 2 aliphatic rings. The molecule has 7 nitrogen and oxygen atoms in total. The van der Waals surface area contributed by atoms with Gasteiger partial charge in [0.1, 0.15) is 12.3 Å². The highest BCUT2D eigenvalue weighted by Crippen LogP contribution is 2.39. The van der Waals surface area contributed by atoms with Crippen molar-refractivity contribution in [2.24, 2.45) is 0 Å². The third-order valence-corrected chi connectivity index (χ3v) is 7.73. The van der Waals surface area contributed by atoms with Crippen LogP contribution in [0.5, 0.6) is 5.75 Å². The lowest BCUT2D eigenvalue weighted by atomic mass is 9.98. The number of likely N-dealkylation sites (N-methyl/N-ethyl adjacent to an activating group) is 1. The fourth-order valence-corrected chi connectivity index (χ4v) is 5.14. The first-order valence-electron chi connectivity index (χ1n) is 12.5. The smallest absolute Gasteiger partial charge is 0.265 e. The van der Waals surface area contributed by atoms with Gasteiger partial charge in [-0.15, -0.1) is 0 Å². The minimum atomic E-state index is -0.312. The number of ether oxygens (including phenoxy) is 2. The van der Waals surface area contributed by atoms with E-state index in [0.717, 1.165) is 29.8 Å². The Hall–Kier alpha value is -3.10. The van der Waals surface area contributed by atoms with Crippen molar-refractivity contribution in [3.63, 3.8) is 0 Å². The molecule has 1 atom stereocenters. The van der Waals surface area contributed by atoms with Crippen molar-refractivity contribution in [1.29, 1.82) is 0 Å². The molecule has 38 heavy (non-hydrogen) atoms. The molecule has 0 saturated carbocycles. The van der Waals surface area contributed by atoms with Gasteiger partial charge in [-0.05, 0) is 28.8 Å². The first-order chi connectivity index (χ1) is 18.4. The second kappa shape index (κ2) is 11.7. The molecule has 0 aromatic heterocycles. The van der Waals surface area contributed by atoms with Crippen LogP contribution in [-0.2, 0) is 14.3 Å². The van der Waals surface area contributed by atoms with Crippen LogP contribution in [0.15, 0.2) is 66.7 Å². The standard InChI is InChI=1S/C29H29Cl2N3O4/c1-32(28(35)18-34-25-15-23(30)24(31)16-27(25)38-19-29(34)36)26(17-33-10-12-37-13-11-33)22-9-5-8-21(14-22)20-6-3-2-4-7-20/h2-9,14-16,26H,10-13,17-19H2,1H3. The molecule has 1 saturated heterocycles. The van der Waals surface area contributed by atoms with Crippen LogP contribution in [0.25, 0.3) is 11.1 Å². The minimum absolute atomic E-state index is 0.137. The van der Waals surface area contributed by atoms with Gasteiger partial charge in [-0.25, -0.2) is 0 Å². The summed E-state index contributed by atoms with van der Waals surface area (Å²) in [5.41, 5.74) is 3.66. The SMILES string of the molecule is CN(C(=O)CN1C(=O)COc2cc(Cl)c(Cl)cc21)C(CN1CCOCC1)c1cccc(-c2ccccc2)c1. The number of hydrogen-bond donors (Lipinski definition) is 0. The zero-order valence-electron chi connectivity index (χ0n) is 21.1. The van der Waals surface area contributed by atoms with Crippen molar-refractivity contribution in [3.05, 3.63) is 82.3 Å². The lowest BCUT2D eigenvalue weighted by Gasteiger charge is -2.37. The molecular formula is C29H29Cl2N3O4. The van der Waals surface area contributed by atoms with Crippen molar-refractivity contribution >= 4 is 40.7 Å². The number of nitrogens with zero attached hydrogens (tertiary/aromatic N) is 3. The number of carbonyl (C=O) groups excluding carboxylic acids is 2. The van der Waals surface area contributed by atoms with E-state index in [4.69, 9.17) is 32.7 Å². The number of fused-ring (bicyclic) bond motifs is 1. The van der Waals surface area contributed by atoms with Crippen molar-refractivity contribution in [2.75, 3.05) is 57.9 Å². The molecule has 0 radical (unpaired) electrons. The topological polar surface area (TPSA) is 62.3 Å². The summed E-state index contributed by atoms with van der Waals surface area (Å²) in [6, 6.07) is 21.4. The van der Waals surface area contributed by atoms with Gasteiger partial charge in [0.15, 0.2) is 6.61 Å².